The minimum absolute atomic E-state index is 0.675. The summed E-state index contributed by atoms with van der Waals surface area (Å²) in [6, 6.07) is 6.23. The van der Waals surface area contributed by atoms with E-state index < -0.39 is 0 Å². The molecule has 0 aliphatic heterocycles. The summed E-state index contributed by atoms with van der Waals surface area (Å²) in [5.41, 5.74) is 4.28. The molecule has 1 aromatic heterocycles. The van der Waals surface area contributed by atoms with Crippen LogP contribution in [-0.2, 0) is 13.6 Å². The first-order chi connectivity index (χ1) is 8.47. The van der Waals surface area contributed by atoms with Crippen LogP contribution in [0.1, 0.15) is 16.8 Å². The predicted molar refractivity (Wildman–Crippen MR) is 79.2 cm³/mol. The van der Waals surface area contributed by atoms with Gasteiger partial charge in [0.25, 0.3) is 0 Å². The zero-order valence-corrected chi connectivity index (χ0v) is 12.9. The lowest BCUT2D eigenvalue weighted by Crippen LogP contribution is -2.01. The molecule has 18 heavy (non-hydrogen) atoms. The zero-order valence-electron chi connectivity index (χ0n) is 10.6. The van der Waals surface area contributed by atoms with E-state index in [1.165, 1.54) is 5.56 Å². The molecular formula is C13H15BrClN3. The standard InChI is InChI=1S/C13H15BrClN3/c1-8-4-10(14)6-11(5-8)16-7-12-9(2)17-18(3)13(12)15/h4-6,16H,7H2,1-3H3. The van der Waals surface area contributed by atoms with E-state index in [1.807, 2.05) is 20.0 Å². The maximum Gasteiger partial charge on any atom is 0.131 e. The second kappa shape index (κ2) is 5.33. The van der Waals surface area contributed by atoms with Crippen LogP contribution in [-0.4, -0.2) is 9.78 Å². The lowest BCUT2D eigenvalue weighted by atomic mass is 10.2. The summed E-state index contributed by atoms with van der Waals surface area (Å²) in [6.07, 6.45) is 0. The molecule has 0 saturated heterocycles. The molecule has 96 valence electrons. The Morgan fingerprint density at radius 1 is 1.33 bits per heavy atom. The number of benzene rings is 1. The summed E-state index contributed by atoms with van der Waals surface area (Å²) in [5.74, 6) is 0. The number of aryl methyl sites for hydroxylation is 3. The van der Waals surface area contributed by atoms with Crippen LogP contribution in [0, 0.1) is 13.8 Å². The van der Waals surface area contributed by atoms with Gasteiger partial charge < -0.3 is 5.32 Å². The van der Waals surface area contributed by atoms with Gasteiger partial charge in [0.05, 0.1) is 5.69 Å². The second-order valence-corrected chi connectivity index (χ2v) is 5.62. The van der Waals surface area contributed by atoms with Gasteiger partial charge in [-0.15, -0.1) is 0 Å². The van der Waals surface area contributed by atoms with E-state index in [0.717, 1.165) is 21.4 Å². The molecule has 0 atom stereocenters. The lowest BCUT2D eigenvalue weighted by Gasteiger charge is -2.08. The SMILES string of the molecule is Cc1cc(Br)cc(NCc2c(C)nn(C)c2Cl)c1. The predicted octanol–water partition coefficient (Wildman–Crippen LogP) is 4.06. The van der Waals surface area contributed by atoms with Crippen molar-refractivity contribution >= 4 is 33.2 Å². The van der Waals surface area contributed by atoms with Crippen molar-refractivity contribution in [3.8, 4) is 0 Å². The minimum Gasteiger partial charge on any atom is -0.381 e. The normalized spacial score (nSPS) is 10.7. The van der Waals surface area contributed by atoms with Gasteiger partial charge in [-0.25, -0.2) is 0 Å². The highest BCUT2D eigenvalue weighted by Gasteiger charge is 2.10. The summed E-state index contributed by atoms with van der Waals surface area (Å²) >= 11 is 9.68. The Labute approximate surface area is 120 Å². The largest absolute Gasteiger partial charge is 0.381 e. The van der Waals surface area contributed by atoms with Crippen LogP contribution in [0.2, 0.25) is 5.15 Å². The number of anilines is 1. The fourth-order valence-electron chi connectivity index (χ4n) is 1.90. The molecule has 0 radical (unpaired) electrons. The topological polar surface area (TPSA) is 29.9 Å². The lowest BCUT2D eigenvalue weighted by molar-refractivity contribution is 0.757. The molecule has 0 aliphatic carbocycles. The van der Waals surface area contributed by atoms with Crippen molar-refractivity contribution in [2.24, 2.45) is 7.05 Å². The van der Waals surface area contributed by atoms with Crippen molar-refractivity contribution in [3.63, 3.8) is 0 Å². The quantitative estimate of drug-likeness (QED) is 0.920. The average molecular weight is 329 g/mol. The molecule has 3 nitrogen and oxygen atoms in total. The van der Waals surface area contributed by atoms with Gasteiger partial charge in [0.15, 0.2) is 0 Å². The molecule has 0 spiro atoms. The van der Waals surface area contributed by atoms with Gasteiger partial charge in [0, 0.05) is 29.3 Å². The molecule has 5 heteroatoms. The highest BCUT2D eigenvalue weighted by molar-refractivity contribution is 9.10. The van der Waals surface area contributed by atoms with Crippen molar-refractivity contribution < 1.29 is 0 Å². The first-order valence-electron chi connectivity index (χ1n) is 5.66. The van der Waals surface area contributed by atoms with Crippen LogP contribution in [0.15, 0.2) is 22.7 Å². The van der Waals surface area contributed by atoms with E-state index in [0.29, 0.717) is 11.7 Å². The van der Waals surface area contributed by atoms with Crippen molar-refractivity contribution in [1.29, 1.82) is 0 Å². The Morgan fingerprint density at radius 3 is 2.61 bits per heavy atom. The molecule has 0 fully saturated rings. The third kappa shape index (κ3) is 2.87. The van der Waals surface area contributed by atoms with E-state index >= 15 is 0 Å². The Hall–Kier alpha value is -1.00. The number of rotatable bonds is 3. The monoisotopic (exact) mass is 327 g/mol. The summed E-state index contributed by atoms with van der Waals surface area (Å²) in [4.78, 5) is 0. The first kappa shape index (κ1) is 13.4. The minimum atomic E-state index is 0.675. The highest BCUT2D eigenvalue weighted by atomic mass is 79.9. The number of aromatic nitrogens is 2. The maximum absolute atomic E-state index is 6.19. The Morgan fingerprint density at radius 2 is 2.06 bits per heavy atom. The number of halogens is 2. The fraction of sp³-hybridized carbons (Fsp3) is 0.308. The Balaban J connectivity index is 2.16. The van der Waals surface area contributed by atoms with Crippen LogP contribution in [0.4, 0.5) is 5.69 Å². The summed E-state index contributed by atoms with van der Waals surface area (Å²) in [7, 11) is 1.85. The van der Waals surface area contributed by atoms with E-state index in [-0.39, 0.29) is 0 Å². The van der Waals surface area contributed by atoms with Gasteiger partial charge in [-0.3, -0.25) is 4.68 Å². The van der Waals surface area contributed by atoms with Gasteiger partial charge in [-0.05, 0) is 37.6 Å². The summed E-state index contributed by atoms with van der Waals surface area (Å²) < 4.78 is 2.76. The third-order valence-electron chi connectivity index (χ3n) is 2.78. The van der Waals surface area contributed by atoms with Gasteiger partial charge in [-0.2, -0.15) is 5.10 Å². The molecule has 0 unspecified atom stereocenters. The first-order valence-corrected chi connectivity index (χ1v) is 6.83. The number of nitrogens with one attached hydrogen (secondary N) is 1. The van der Waals surface area contributed by atoms with E-state index in [1.54, 1.807) is 4.68 Å². The van der Waals surface area contributed by atoms with E-state index in [9.17, 15) is 0 Å². The molecule has 0 amide bonds. The van der Waals surface area contributed by atoms with Gasteiger partial charge in [0.2, 0.25) is 0 Å². The molecule has 2 aromatic rings. The van der Waals surface area contributed by atoms with Crippen LogP contribution in [0.25, 0.3) is 0 Å². The molecule has 1 N–H and O–H groups in total. The molecule has 1 heterocycles. The van der Waals surface area contributed by atoms with Gasteiger partial charge in [0.1, 0.15) is 5.15 Å². The smallest absolute Gasteiger partial charge is 0.131 e. The molecule has 0 bridgehead atoms. The summed E-state index contributed by atoms with van der Waals surface area (Å²) in [6.45, 7) is 4.71. The second-order valence-electron chi connectivity index (χ2n) is 4.35. The van der Waals surface area contributed by atoms with Crippen molar-refractivity contribution in [2.45, 2.75) is 20.4 Å². The van der Waals surface area contributed by atoms with Crippen molar-refractivity contribution in [1.82, 2.24) is 9.78 Å². The fourth-order valence-corrected chi connectivity index (χ4v) is 2.75. The van der Waals surface area contributed by atoms with Crippen LogP contribution in [0.3, 0.4) is 0 Å². The molecule has 2 rings (SSSR count). The maximum atomic E-state index is 6.19. The van der Waals surface area contributed by atoms with E-state index in [4.69, 9.17) is 11.6 Å². The Bertz CT molecular complexity index is 558. The van der Waals surface area contributed by atoms with Gasteiger partial charge in [-0.1, -0.05) is 27.5 Å². The molecule has 1 aromatic carbocycles. The zero-order chi connectivity index (χ0) is 13.3. The number of hydrogen-bond donors (Lipinski definition) is 1. The summed E-state index contributed by atoms with van der Waals surface area (Å²) in [5, 5.41) is 8.35. The Kier molecular flexibility index (Phi) is 3.97. The van der Waals surface area contributed by atoms with Gasteiger partial charge >= 0.3 is 0 Å². The van der Waals surface area contributed by atoms with Crippen LogP contribution >= 0.6 is 27.5 Å². The molecule has 0 saturated carbocycles. The highest BCUT2D eigenvalue weighted by Crippen LogP contribution is 2.22. The number of hydrogen-bond acceptors (Lipinski definition) is 2. The third-order valence-corrected chi connectivity index (χ3v) is 3.71. The van der Waals surface area contributed by atoms with Crippen LogP contribution < -0.4 is 5.32 Å². The van der Waals surface area contributed by atoms with E-state index in [2.05, 4.69) is 45.4 Å². The number of nitrogens with zero attached hydrogens (tertiary/aromatic N) is 2. The van der Waals surface area contributed by atoms with Crippen molar-refractivity contribution in [3.05, 3.63) is 44.6 Å². The van der Waals surface area contributed by atoms with Crippen LogP contribution in [0.5, 0.6) is 0 Å². The molecular weight excluding hydrogens is 314 g/mol. The van der Waals surface area contributed by atoms with Crippen molar-refractivity contribution in [2.75, 3.05) is 5.32 Å². The average Bonchev–Trinajstić information content (AvgIpc) is 2.50. The molecule has 0 aliphatic rings.